The molecule has 210 valence electrons. The summed E-state index contributed by atoms with van der Waals surface area (Å²) in [6, 6.07) is 21.6. The summed E-state index contributed by atoms with van der Waals surface area (Å²) in [4.78, 5) is 30.3. The van der Waals surface area contributed by atoms with Gasteiger partial charge in [-0.05, 0) is 66.3 Å². The second-order valence-corrected chi connectivity index (χ2v) is 12.8. The summed E-state index contributed by atoms with van der Waals surface area (Å²) in [5.41, 5.74) is 5.62. The number of carbonyl (C=O) groups is 2. The Kier molecular flexibility index (Phi) is 8.23. The van der Waals surface area contributed by atoms with Crippen LogP contribution < -0.4 is 10.6 Å². The van der Waals surface area contributed by atoms with Crippen molar-refractivity contribution in [3.05, 3.63) is 94.8 Å². The van der Waals surface area contributed by atoms with Crippen molar-refractivity contribution in [1.82, 2.24) is 25.1 Å². The summed E-state index contributed by atoms with van der Waals surface area (Å²) in [6.45, 7) is 10.6. The lowest BCUT2D eigenvalue weighted by molar-refractivity contribution is -0.113. The average Bonchev–Trinajstić information content (AvgIpc) is 3.54. The molecule has 41 heavy (non-hydrogen) atoms. The number of carbonyl (C=O) groups excluding carboxylic acids is 2. The Balaban J connectivity index is 1.33. The monoisotopic (exact) mass is 584 g/mol. The molecule has 5 rings (SSSR count). The summed E-state index contributed by atoms with van der Waals surface area (Å²) < 4.78 is 2.93. The van der Waals surface area contributed by atoms with Gasteiger partial charge in [-0.2, -0.15) is 0 Å². The molecule has 0 saturated heterocycles. The van der Waals surface area contributed by atoms with Crippen molar-refractivity contribution in [2.24, 2.45) is 0 Å². The van der Waals surface area contributed by atoms with Crippen molar-refractivity contribution in [2.45, 2.75) is 51.7 Å². The Labute approximate surface area is 247 Å². The number of nitrogens with zero attached hydrogens (tertiary/aromatic N) is 4. The molecule has 2 N–H and O–H groups in total. The summed E-state index contributed by atoms with van der Waals surface area (Å²) in [7, 11) is 0. The number of amides is 2. The van der Waals surface area contributed by atoms with Gasteiger partial charge in [0.2, 0.25) is 5.91 Å². The Morgan fingerprint density at radius 3 is 2.46 bits per heavy atom. The van der Waals surface area contributed by atoms with Crippen LogP contribution in [0.2, 0.25) is 0 Å². The molecule has 0 unspecified atom stereocenters. The summed E-state index contributed by atoms with van der Waals surface area (Å²) >= 11 is 2.73. The second-order valence-electron chi connectivity index (χ2n) is 10.9. The first kappa shape index (κ1) is 28.5. The van der Waals surface area contributed by atoms with Gasteiger partial charge in [0.05, 0.1) is 28.2 Å². The van der Waals surface area contributed by atoms with E-state index in [4.69, 9.17) is 0 Å². The van der Waals surface area contributed by atoms with Crippen LogP contribution in [0.1, 0.15) is 53.6 Å². The standard InChI is InChI=1S/C31H32N6O2S2/c1-19-10-11-20(2)24(16-19)37-26(17-32-28(39)21-12-14-22(15-13-21)31(3,4)5)35-36-30(37)40-18-27(38)34-29-33-23-8-6-7-9-25(23)41-29/h6-16H,17-18H2,1-5H3,(H,32,39)(H,33,34,38). The fourth-order valence-corrected chi connectivity index (χ4v) is 5.95. The van der Waals surface area contributed by atoms with Gasteiger partial charge in [0.25, 0.3) is 5.91 Å². The number of anilines is 1. The van der Waals surface area contributed by atoms with Crippen LogP contribution in [0.3, 0.4) is 0 Å². The molecule has 0 aliphatic rings. The van der Waals surface area contributed by atoms with E-state index in [9.17, 15) is 9.59 Å². The van der Waals surface area contributed by atoms with E-state index in [1.807, 2.05) is 79.1 Å². The maximum Gasteiger partial charge on any atom is 0.251 e. The molecular formula is C31H32N6O2S2. The Hall–Kier alpha value is -4.02. The van der Waals surface area contributed by atoms with Crippen LogP contribution in [0.15, 0.2) is 71.9 Å². The minimum Gasteiger partial charge on any atom is -0.345 e. The molecule has 2 aromatic heterocycles. The lowest BCUT2D eigenvalue weighted by atomic mass is 9.87. The molecule has 0 radical (unpaired) electrons. The molecule has 0 bridgehead atoms. The number of benzene rings is 3. The molecule has 8 nitrogen and oxygen atoms in total. The van der Waals surface area contributed by atoms with Crippen molar-refractivity contribution >= 4 is 50.3 Å². The third-order valence-electron chi connectivity index (χ3n) is 6.60. The highest BCUT2D eigenvalue weighted by Gasteiger charge is 2.20. The molecule has 5 aromatic rings. The summed E-state index contributed by atoms with van der Waals surface area (Å²) in [5, 5.41) is 15.8. The Morgan fingerprint density at radius 2 is 1.73 bits per heavy atom. The van der Waals surface area contributed by atoms with E-state index in [0.29, 0.717) is 21.7 Å². The highest BCUT2D eigenvalue weighted by molar-refractivity contribution is 7.99. The predicted octanol–water partition coefficient (Wildman–Crippen LogP) is 6.45. The molecular weight excluding hydrogens is 553 g/mol. The minimum absolute atomic E-state index is 0.0104. The van der Waals surface area contributed by atoms with E-state index in [1.54, 1.807) is 0 Å². The van der Waals surface area contributed by atoms with Gasteiger partial charge in [-0.25, -0.2) is 4.98 Å². The molecule has 10 heteroatoms. The van der Waals surface area contributed by atoms with E-state index in [2.05, 4.69) is 52.7 Å². The van der Waals surface area contributed by atoms with E-state index in [0.717, 1.165) is 32.6 Å². The zero-order valence-corrected chi connectivity index (χ0v) is 25.3. The highest BCUT2D eigenvalue weighted by Crippen LogP contribution is 2.28. The molecule has 2 amide bonds. The van der Waals surface area contributed by atoms with Crippen molar-refractivity contribution in [1.29, 1.82) is 0 Å². The first-order valence-electron chi connectivity index (χ1n) is 13.3. The van der Waals surface area contributed by atoms with Gasteiger partial charge in [-0.1, -0.05) is 80.3 Å². The van der Waals surface area contributed by atoms with Crippen molar-refractivity contribution in [3.63, 3.8) is 0 Å². The van der Waals surface area contributed by atoms with E-state index in [1.165, 1.54) is 23.1 Å². The predicted molar refractivity (Wildman–Crippen MR) is 166 cm³/mol. The number of nitrogens with one attached hydrogen (secondary N) is 2. The van der Waals surface area contributed by atoms with Crippen LogP contribution in [0, 0.1) is 13.8 Å². The molecule has 0 aliphatic carbocycles. The van der Waals surface area contributed by atoms with Gasteiger partial charge in [-0.3, -0.25) is 14.2 Å². The molecule has 0 saturated carbocycles. The van der Waals surface area contributed by atoms with Gasteiger partial charge in [-0.15, -0.1) is 10.2 Å². The summed E-state index contributed by atoms with van der Waals surface area (Å²) in [6.07, 6.45) is 0. The molecule has 0 atom stereocenters. The Morgan fingerprint density at radius 1 is 0.976 bits per heavy atom. The third kappa shape index (κ3) is 6.66. The fourth-order valence-electron chi connectivity index (χ4n) is 4.30. The number of hydrogen-bond donors (Lipinski definition) is 2. The first-order chi connectivity index (χ1) is 19.6. The van der Waals surface area contributed by atoms with Gasteiger partial charge < -0.3 is 10.6 Å². The van der Waals surface area contributed by atoms with Gasteiger partial charge in [0.1, 0.15) is 0 Å². The summed E-state index contributed by atoms with van der Waals surface area (Å²) in [5.74, 6) is 0.335. The van der Waals surface area contributed by atoms with Crippen molar-refractivity contribution in [3.8, 4) is 5.69 Å². The fraction of sp³-hybridized carbons (Fsp3) is 0.258. The lowest BCUT2D eigenvalue weighted by Gasteiger charge is -2.19. The first-order valence-corrected chi connectivity index (χ1v) is 15.1. The van der Waals surface area contributed by atoms with Crippen LogP contribution in [-0.2, 0) is 16.8 Å². The van der Waals surface area contributed by atoms with E-state index in [-0.39, 0.29) is 29.5 Å². The Bertz CT molecular complexity index is 1680. The van der Waals surface area contributed by atoms with Gasteiger partial charge in [0, 0.05) is 5.56 Å². The average molecular weight is 585 g/mol. The quantitative estimate of drug-likeness (QED) is 0.203. The topological polar surface area (TPSA) is 102 Å². The van der Waals surface area contributed by atoms with Crippen LogP contribution in [0.25, 0.3) is 15.9 Å². The van der Waals surface area contributed by atoms with Crippen LogP contribution in [0.5, 0.6) is 0 Å². The van der Waals surface area contributed by atoms with Crippen LogP contribution in [0.4, 0.5) is 5.13 Å². The highest BCUT2D eigenvalue weighted by atomic mass is 32.2. The van der Waals surface area contributed by atoms with E-state index >= 15 is 0 Å². The number of thioether (sulfide) groups is 1. The number of aromatic nitrogens is 4. The molecule has 0 spiro atoms. The largest absolute Gasteiger partial charge is 0.345 e. The van der Waals surface area contributed by atoms with Gasteiger partial charge in [0.15, 0.2) is 16.1 Å². The van der Waals surface area contributed by atoms with Crippen LogP contribution >= 0.6 is 23.1 Å². The molecule has 3 aromatic carbocycles. The lowest BCUT2D eigenvalue weighted by Crippen LogP contribution is -2.25. The van der Waals surface area contributed by atoms with Crippen molar-refractivity contribution < 1.29 is 9.59 Å². The smallest absolute Gasteiger partial charge is 0.251 e. The third-order valence-corrected chi connectivity index (χ3v) is 8.48. The number of fused-ring (bicyclic) bond motifs is 1. The number of hydrogen-bond acceptors (Lipinski definition) is 7. The number of rotatable bonds is 8. The SMILES string of the molecule is Cc1ccc(C)c(-n2c(CNC(=O)c3ccc(C(C)(C)C)cc3)nnc2SCC(=O)Nc2nc3ccccc3s2)c1. The molecule has 2 heterocycles. The number of para-hydroxylation sites is 1. The molecule has 0 fully saturated rings. The van der Waals surface area contributed by atoms with Gasteiger partial charge >= 0.3 is 0 Å². The zero-order valence-electron chi connectivity index (χ0n) is 23.7. The van der Waals surface area contributed by atoms with Crippen LogP contribution in [-0.4, -0.2) is 37.3 Å². The maximum atomic E-state index is 13.0. The number of thiazole rings is 1. The van der Waals surface area contributed by atoms with Crippen molar-refractivity contribution in [2.75, 3.05) is 11.1 Å². The normalized spacial score (nSPS) is 11.5. The number of aryl methyl sites for hydroxylation is 2. The van der Waals surface area contributed by atoms with E-state index < -0.39 is 0 Å². The molecule has 0 aliphatic heterocycles. The zero-order chi connectivity index (χ0) is 29.1. The maximum absolute atomic E-state index is 13.0. The second kappa shape index (κ2) is 11.8. The minimum atomic E-state index is -0.189.